The van der Waals surface area contributed by atoms with Gasteiger partial charge in [0.05, 0.1) is 29.7 Å². The van der Waals surface area contributed by atoms with Crippen LogP contribution in [0.1, 0.15) is 47.2 Å². The topological polar surface area (TPSA) is 110 Å². The summed E-state index contributed by atoms with van der Waals surface area (Å²) in [6.45, 7) is 13.9. The molecule has 1 fully saturated rings. The summed E-state index contributed by atoms with van der Waals surface area (Å²) < 4.78 is 12.8. The lowest BCUT2D eigenvalue weighted by Crippen LogP contribution is -2.50. The number of piperazine rings is 1. The normalized spacial score (nSPS) is 13.2. The number of aromatic nitrogens is 3. The summed E-state index contributed by atoms with van der Waals surface area (Å²) in [4.78, 5) is 34.3. The molecule has 10 nitrogen and oxygen atoms in total. The first-order chi connectivity index (χ1) is 18.1. The van der Waals surface area contributed by atoms with Crippen molar-refractivity contribution < 1.29 is 24.2 Å². The second-order valence-electron chi connectivity index (χ2n) is 9.15. The summed E-state index contributed by atoms with van der Waals surface area (Å²) in [5.74, 6) is 1.50. The molecule has 0 saturated carbocycles. The van der Waals surface area contributed by atoms with Crippen LogP contribution in [0.25, 0.3) is 16.9 Å². The summed E-state index contributed by atoms with van der Waals surface area (Å²) in [7, 11) is 1.62. The first-order valence-corrected chi connectivity index (χ1v) is 13.0. The van der Waals surface area contributed by atoms with Gasteiger partial charge in [0.25, 0.3) is 6.47 Å². The van der Waals surface area contributed by atoms with E-state index < -0.39 is 5.60 Å². The largest absolute Gasteiger partial charge is 0.497 e. The molecule has 0 bridgehead atoms. The van der Waals surface area contributed by atoms with Crippen molar-refractivity contribution >= 4 is 35.6 Å². The second-order valence-corrected chi connectivity index (χ2v) is 9.56. The van der Waals surface area contributed by atoms with Crippen LogP contribution < -0.4 is 9.64 Å². The van der Waals surface area contributed by atoms with Gasteiger partial charge in [-0.3, -0.25) is 9.20 Å². The second kappa shape index (κ2) is 13.9. The van der Waals surface area contributed by atoms with Crippen molar-refractivity contribution in [3.8, 4) is 17.0 Å². The SMILES string of the molecule is CC.CCc1cn2c(-c3ccc(OC)cc3Cl)cnc(N3CCN(C(=O)OC(C)(C)C)CC3)c2n1.O=CO. The summed E-state index contributed by atoms with van der Waals surface area (Å²) in [5.41, 5.74) is 2.97. The van der Waals surface area contributed by atoms with Gasteiger partial charge in [0.1, 0.15) is 11.4 Å². The van der Waals surface area contributed by atoms with Gasteiger partial charge in [-0.15, -0.1) is 0 Å². The van der Waals surface area contributed by atoms with Crippen LogP contribution in [0.15, 0.2) is 30.6 Å². The number of imidazole rings is 1. The van der Waals surface area contributed by atoms with Crippen molar-refractivity contribution in [2.75, 3.05) is 38.2 Å². The van der Waals surface area contributed by atoms with Crippen LogP contribution in [0.5, 0.6) is 5.75 Å². The van der Waals surface area contributed by atoms with Crippen LogP contribution in [-0.2, 0) is 16.0 Å². The molecule has 11 heteroatoms. The van der Waals surface area contributed by atoms with Crippen LogP contribution >= 0.6 is 11.6 Å². The molecule has 0 spiro atoms. The van der Waals surface area contributed by atoms with Crippen molar-refractivity contribution in [3.05, 3.63) is 41.3 Å². The summed E-state index contributed by atoms with van der Waals surface area (Å²) >= 11 is 6.56. The minimum Gasteiger partial charge on any atom is -0.497 e. The molecule has 38 heavy (non-hydrogen) atoms. The number of anilines is 1. The molecule has 3 aromatic rings. The highest BCUT2D eigenvalue weighted by atomic mass is 35.5. The van der Waals surface area contributed by atoms with Gasteiger partial charge in [0.2, 0.25) is 0 Å². The molecule has 1 aliphatic rings. The highest BCUT2D eigenvalue weighted by Crippen LogP contribution is 2.33. The lowest BCUT2D eigenvalue weighted by Gasteiger charge is -2.36. The number of amides is 1. The number of rotatable bonds is 4. The van der Waals surface area contributed by atoms with Gasteiger partial charge in [-0.05, 0) is 45.4 Å². The molecule has 1 amide bonds. The van der Waals surface area contributed by atoms with E-state index in [0.29, 0.717) is 37.0 Å². The van der Waals surface area contributed by atoms with Crippen LogP contribution in [0.3, 0.4) is 0 Å². The van der Waals surface area contributed by atoms with Gasteiger partial charge >= 0.3 is 6.09 Å². The highest BCUT2D eigenvalue weighted by molar-refractivity contribution is 6.33. The van der Waals surface area contributed by atoms with E-state index in [0.717, 1.165) is 34.8 Å². The number of halogens is 1. The Hall–Kier alpha value is -3.53. The van der Waals surface area contributed by atoms with Crippen molar-refractivity contribution in [1.29, 1.82) is 0 Å². The van der Waals surface area contributed by atoms with Gasteiger partial charge in [0.15, 0.2) is 11.5 Å². The molecule has 208 valence electrons. The quantitative estimate of drug-likeness (QED) is 0.432. The maximum atomic E-state index is 12.4. The van der Waals surface area contributed by atoms with Crippen LogP contribution in [0.2, 0.25) is 5.02 Å². The van der Waals surface area contributed by atoms with Crippen LogP contribution in [0.4, 0.5) is 10.6 Å². The fourth-order valence-corrected chi connectivity index (χ4v) is 4.13. The summed E-state index contributed by atoms with van der Waals surface area (Å²) in [5, 5.41) is 7.47. The monoisotopic (exact) mass is 547 g/mol. The van der Waals surface area contributed by atoms with E-state index in [1.54, 1.807) is 18.1 Å². The zero-order valence-electron chi connectivity index (χ0n) is 23.2. The molecule has 4 rings (SSSR count). The van der Waals surface area contributed by atoms with E-state index in [9.17, 15) is 4.79 Å². The number of benzene rings is 1. The van der Waals surface area contributed by atoms with Gasteiger partial charge in [0, 0.05) is 37.9 Å². The number of fused-ring (bicyclic) bond motifs is 1. The molecular formula is C27H38ClN5O5. The molecule has 1 N–H and O–H groups in total. The van der Waals surface area contributed by atoms with E-state index in [1.165, 1.54) is 0 Å². The van der Waals surface area contributed by atoms with E-state index in [4.69, 9.17) is 40.9 Å². The lowest BCUT2D eigenvalue weighted by molar-refractivity contribution is -0.122. The molecule has 0 radical (unpaired) electrons. The molecular weight excluding hydrogens is 510 g/mol. The average molecular weight is 548 g/mol. The third-order valence-electron chi connectivity index (χ3n) is 5.57. The number of carbonyl (C=O) groups excluding carboxylic acids is 1. The third kappa shape index (κ3) is 7.50. The number of hydrogen-bond acceptors (Lipinski definition) is 7. The lowest BCUT2D eigenvalue weighted by atomic mass is 10.1. The van der Waals surface area contributed by atoms with Gasteiger partial charge in [-0.25, -0.2) is 14.8 Å². The number of nitrogens with zero attached hydrogens (tertiary/aromatic N) is 5. The Labute approximate surface area is 229 Å². The fourth-order valence-electron chi connectivity index (χ4n) is 3.86. The number of carbonyl (C=O) groups is 2. The molecule has 2 aromatic heterocycles. The Bertz CT molecular complexity index is 1220. The number of carboxylic acid groups (broad SMARTS) is 1. The minimum absolute atomic E-state index is 0.250. The van der Waals surface area contributed by atoms with E-state index in [-0.39, 0.29) is 12.6 Å². The van der Waals surface area contributed by atoms with Crippen molar-refractivity contribution in [1.82, 2.24) is 19.3 Å². The van der Waals surface area contributed by atoms with E-state index in [1.807, 2.05) is 59.1 Å². The first kappa shape index (κ1) is 30.7. The Morgan fingerprint density at radius 3 is 2.34 bits per heavy atom. The third-order valence-corrected chi connectivity index (χ3v) is 5.88. The predicted molar refractivity (Wildman–Crippen MR) is 149 cm³/mol. The number of hydrogen-bond donors (Lipinski definition) is 1. The Balaban J connectivity index is 0.000000947. The Kier molecular flexibility index (Phi) is 11.2. The van der Waals surface area contributed by atoms with Crippen molar-refractivity contribution in [2.45, 2.75) is 53.6 Å². The summed E-state index contributed by atoms with van der Waals surface area (Å²) in [6.07, 6.45) is 4.40. The first-order valence-electron chi connectivity index (χ1n) is 12.6. The zero-order chi connectivity index (χ0) is 28.5. The van der Waals surface area contributed by atoms with Crippen molar-refractivity contribution in [2.24, 2.45) is 0 Å². The molecule has 3 heterocycles. The molecule has 1 aromatic carbocycles. The molecule has 0 unspecified atom stereocenters. The van der Waals surface area contributed by atoms with Crippen molar-refractivity contribution in [3.63, 3.8) is 0 Å². The molecule has 1 saturated heterocycles. The zero-order valence-corrected chi connectivity index (χ0v) is 23.9. The van der Waals surface area contributed by atoms with Gasteiger partial charge < -0.3 is 24.4 Å². The summed E-state index contributed by atoms with van der Waals surface area (Å²) in [6, 6.07) is 5.61. The fraction of sp³-hybridized carbons (Fsp3) is 0.481. The molecule has 1 aliphatic heterocycles. The van der Waals surface area contributed by atoms with E-state index >= 15 is 0 Å². The average Bonchev–Trinajstić information content (AvgIpc) is 3.34. The van der Waals surface area contributed by atoms with Crippen LogP contribution in [0, 0.1) is 0 Å². The maximum absolute atomic E-state index is 12.4. The number of aryl methyl sites for hydroxylation is 1. The predicted octanol–water partition coefficient (Wildman–Crippen LogP) is 5.40. The maximum Gasteiger partial charge on any atom is 0.410 e. The Morgan fingerprint density at radius 2 is 1.82 bits per heavy atom. The number of ether oxygens (including phenoxy) is 2. The standard InChI is InChI=1S/C24H30ClN5O3.C2H6.CH2O2/c1-6-16-15-30-20(18-8-7-17(32-5)13-19(18)25)14-26-21(22(30)27-16)28-9-11-29(12-10-28)23(31)33-24(2,3)4;1-2;2-1-3/h7-8,13-15H,6,9-12H2,1-5H3;1-2H3;1H,(H,2,3). The molecule has 0 atom stereocenters. The smallest absolute Gasteiger partial charge is 0.410 e. The molecule has 0 aliphatic carbocycles. The highest BCUT2D eigenvalue weighted by Gasteiger charge is 2.28. The van der Waals surface area contributed by atoms with Crippen LogP contribution in [-0.4, -0.2) is 75.8 Å². The minimum atomic E-state index is -0.507. The van der Waals surface area contributed by atoms with E-state index in [2.05, 4.69) is 16.2 Å². The van der Waals surface area contributed by atoms with Gasteiger partial charge in [-0.2, -0.15) is 0 Å². The van der Waals surface area contributed by atoms with Gasteiger partial charge in [-0.1, -0.05) is 32.4 Å². The number of methoxy groups -OCH3 is 1. The Morgan fingerprint density at radius 1 is 1.18 bits per heavy atom.